The van der Waals surface area contributed by atoms with Crippen molar-refractivity contribution < 1.29 is 0 Å². The number of fused-ring (bicyclic) bond motifs is 8. The van der Waals surface area contributed by atoms with Crippen LogP contribution in [-0.4, -0.2) is 9.13 Å². The smallest absolute Gasteiger partial charge is 0.197 e. The summed E-state index contributed by atoms with van der Waals surface area (Å²) in [7, 11) is 0. The Hall–Kier alpha value is -8.08. The zero-order valence-electron chi connectivity index (χ0n) is 33.5. The van der Waals surface area contributed by atoms with Crippen molar-refractivity contribution in [1.29, 1.82) is 0 Å². The van der Waals surface area contributed by atoms with E-state index < -0.39 is 10.8 Å². The molecule has 0 radical (unpaired) electrons. The first-order valence-corrected chi connectivity index (χ1v) is 21.2. The number of benzene rings is 9. The van der Waals surface area contributed by atoms with E-state index in [-0.39, 0.29) is 10.9 Å². The predicted molar refractivity (Wildman–Crippen MR) is 251 cm³/mol. The van der Waals surface area contributed by atoms with Gasteiger partial charge in [-0.3, -0.25) is 9.59 Å². The summed E-state index contributed by atoms with van der Waals surface area (Å²) < 4.78 is 4.59. The van der Waals surface area contributed by atoms with E-state index in [4.69, 9.17) is 0 Å². The highest BCUT2D eigenvalue weighted by atomic mass is 16.1. The Bertz CT molecular complexity index is 3450. The molecule has 0 spiro atoms. The summed E-state index contributed by atoms with van der Waals surface area (Å²) in [6.07, 6.45) is 0. The Labute approximate surface area is 356 Å². The van der Waals surface area contributed by atoms with E-state index in [1.807, 2.05) is 30.3 Å². The van der Waals surface area contributed by atoms with Gasteiger partial charge in [0.1, 0.15) is 0 Å². The SMILES string of the molecule is O=c1c2cc3c(=O)c4cccc5c4n(c3cc2n2c3c(cccc13)C(c1ccccc1)(c1ccccc1)c1ccccc1-2)-c1ccccc1C5(c1ccccc1)c1ccccc1. The van der Waals surface area contributed by atoms with Crippen LogP contribution in [0.2, 0.25) is 0 Å². The van der Waals surface area contributed by atoms with Crippen molar-refractivity contribution >= 4 is 43.6 Å². The van der Waals surface area contributed by atoms with Crippen molar-refractivity contribution in [3.8, 4) is 11.4 Å². The molecule has 4 heterocycles. The number of rotatable bonds is 4. The Morgan fingerprint density at radius 3 is 0.984 bits per heavy atom. The first-order valence-electron chi connectivity index (χ1n) is 21.2. The van der Waals surface area contributed by atoms with Gasteiger partial charge in [0.25, 0.3) is 0 Å². The molecule has 0 aliphatic carbocycles. The van der Waals surface area contributed by atoms with Gasteiger partial charge in [-0.25, -0.2) is 0 Å². The Kier molecular flexibility index (Phi) is 7.13. The van der Waals surface area contributed by atoms with Gasteiger partial charge < -0.3 is 9.13 Å². The highest BCUT2D eigenvalue weighted by molar-refractivity contribution is 6.08. The average molecular weight is 793 g/mol. The third kappa shape index (κ3) is 4.25. The number of para-hydroxylation sites is 4. The molecule has 2 aromatic heterocycles. The predicted octanol–water partition coefficient (Wildman–Crippen LogP) is 12.0. The number of hydrogen-bond acceptors (Lipinski definition) is 2. The minimum absolute atomic E-state index is 0.0936. The van der Waals surface area contributed by atoms with E-state index >= 15 is 9.59 Å². The third-order valence-electron chi connectivity index (χ3n) is 13.8. The van der Waals surface area contributed by atoms with Gasteiger partial charge in [0.15, 0.2) is 10.9 Å². The standard InChI is InChI=1S/C58H36N2O2/c61-55-41-27-17-31-47-53(41)59(49-33-15-13-29-45(49)57(47,37-19-5-1-6-20-37)38-21-7-2-8-22-38)51-36-52-44(35-43(51)55)56(62)42-28-18-32-48-54(42)60(52)50-34-16-14-30-46(50)58(48,39-23-9-3-10-24-39)40-25-11-4-12-26-40/h1-36H. The fourth-order valence-corrected chi connectivity index (χ4v) is 11.5. The summed E-state index contributed by atoms with van der Waals surface area (Å²) >= 11 is 0. The largest absolute Gasteiger partial charge is 0.308 e. The van der Waals surface area contributed by atoms with Crippen LogP contribution in [0.25, 0.3) is 55.0 Å². The Morgan fingerprint density at radius 1 is 0.290 bits per heavy atom. The Balaban J connectivity index is 1.24. The van der Waals surface area contributed by atoms with E-state index in [1.54, 1.807) is 0 Å². The first kappa shape index (κ1) is 34.8. The molecule has 2 aliphatic rings. The second-order valence-corrected chi connectivity index (χ2v) is 16.6. The lowest BCUT2D eigenvalue weighted by atomic mass is 9.62. The summed E-state index contributed by atoms with van der Waals surface area (Å²) in [5.41, 5.74) is 12.4. The van der Waals surface area contributed by atoms with Crippen molar-refractivity contribution in [3.63, 3.8) is 0 Å². The number of hydrogen-bond donors (Lipinski definition) is 0. The zero-order valence-corrected chi connectivity index (χ0v) is 33.5. The molecule has 2 aliphatic heterocycles. The summed E-state index contributed by atoms with van der Waals surface area (Å²) in [5.74, 6) is 0. The molecule has 0 amide bonds. The van der Waals surface area contributed by atoms with Gasteiger partial charge in [0.2, 0.25) is 0 Å². The molecule has 0 saturated carbocycles. The summed E-state index contributed by atoms with van der Waals surface area (Å²) in [6.45, 7) is 0. The van der Waals surface area contributed by atoms with Crippen LogP contribution in [0.15, 0.2) is 228 Å². The molecule has 11 aromatic rings. The maximum Gasteiger partial charge on any atom is 0.197 e. The van der Waals surface area contributed by atoms with Crippen LogP contribution in [0.3, 0.4) is 0 Å². The number of nitrogens with zero attached hydrogens (tertiary/aromatic N) is 2. The normalized spacial score (nSPS) is 14.2. The lowest BCUT2D eigenvalue weighted by molar-refractivity contribution is 0.725. The van der Waals surface area contributed by atoms with E-state index in [9.17, 15) is 0 Å². The summed E-state index contributed by atoms with van der Waals surface area (Å²) in [4.78, 5) is 30.5. The van der Waals surface area contributed by atoms with Crippen molar-refractivity contribution in [1.82, 2.24) is 9.13 Å². The minimum atomic E-state index is -0.721. The molecule has 290 valence electrons. The van der Waals surface area contributed by atoms with Crippen LogP contribution in [0.4, 0.5) is 0 Å². The second-order valence-electron chi connectivity index (χ2n) is 16.6. The van der Waals surface area contributed by atoms with Crippen LogP contribution < -0.4 is 10.9 Å². The molecule has 0 unspecified atom stereocenters. The van der Waals surface area contributed by atoms with Crippen molar-refractivity contribution in [3.05, 3.63) is 283 Å². The van der Waals surface area contributed by atoms with Crippen LogP contribution in [0.5, 0.6) is 0 Å². The van der Waals surface area contributed by atoms with E-state index in [0.717, 1.165) is 77.9 Å². The molecular weight excluding hydrogens is 757 g/mol. The lowest BCUT2D eigenvalue weighted by Gasteiger charge is -2.43. The minimum Gasteiger partial charge on any atom is -0.308 e. The topological polar surface area (TPSA) is 44.0 Å². The zero-order chi connectivity index (χ0) is 41.2. The molecule has 9 aromatic carbocycles. The van der Waals surface area contributed by atoms with Crippen molar-refractivity contribution in [2.45, 2.75) is 10.8 Å². The molecule has 0 N–H and O–H groups in total. The average Bonchev–Trinajstić information content (AvgIpc) is 3.34. The molecule has 0 fully saturated rings. The van der Waals surface area contributed by atoms with Gasteiger partial charge in [0.05, 0.1) is 44.3 Å². The van der Waals surface area contributed by atoms with Gasteiger partial charge in [-0.2, -0.15) is 0 Å². The van der Waals surface area contributed by atoms with Gasteiger partial charge >= 0.3 is 0 Å². The van der Waals surface area contributed by atoms with Crippen LogP contribution >= 0.6 is 0 Å². The monoisotopic (exact) mass is 792 g/mol. The first-order chi connectivity index (χ1) is 30.6. The van der Waals surface area contributed by atoms with E-state index in [0.29, 0.717) is 21.5 Å². The molecular formula is C58H36N2O2. The lowest BCUT2D eigenvalue weighted by Crippen LogP contribution is -2.37. The summed E-state index contributed by atoms with van der Waals surface area (Å²) in [5, 5.41) is 2.25. The fraction of sp³-hybridized carbons (Fsp3) is 0.0345. The maximum absolute atomic E-state index is 15.2. The molecule has 0 bridgehead atoms. The molecule has 4 heteroatoms. The third-order valence-corrected chi connectivity index (χ3v) is 13.8. The fourth-order valence-electron chi connectivity index (χ4n) is 11.5. The second kappa shape index (κ2) is 12.7. The molecule has 13 rings (SSSR count). The summed E-state index contributed by atoms with van der Waals surface area (Å²) in [6, 6.07) is 76.1. The van der Waals surface area contributed by atoms with Crippen molar-refractivity contribution in [2.75, 3.05) is 0 Å². The van der Waals surface area contributed by atoms with E-state index in [1.165, 1.54) is 0 Å². The Morgan fingerprint density at radius 2 is 0.613 bits per heavy atom. The van der Waals surface area contributed by atoms with Crippen LogP contribution in [-0.2, 0) is 10.8 Å². The van der Waals surface area contributed by atoms with Gasteiger partial charge in [-0.15, -0.1) is 0 Å². The molecule has 0 saturated heterocycles. The van der Waals surface area contributed by atoms with Gasteiger partial charge in [0, 0.05) is 21.5 Å². The molecule has 62 heavy (non-hydrogen) atoms. The van der Waals surface area contributed by atoms with Crippen LogP contribution in [0.1, 0.15) is 44.5 Å². The molecule has 4 nitrogen and oxygen atoms in total. The number of aromatic nitrogens is 2. The quantitative estimate of drug-likeness (QED) is 0.167. The van der Waals surface area contributed by atoms with Gasteiger partial charge in [-0.1, -0.05) is 182 Å². The highest BCUT2D eigenvalue weighted by Gasteiger charge is 2.47. The number of pyridine rings is 2. The van der Waals surface area contributed by atoms with E-state index in [2.05, 4.69) is 197 Å². The maximum atomic E-state index is 15.2. The van der Waals surface area contributed by atoms with Gasteiger partial charge in [-0.05, 0) is 80.9 Å². The van der Waals surface area contributed by atoms with Crippen LogP contribution in [0, 0.1) is 0 Å². The van der Waals surface area contributed by atoms with Crippen molar-refractivity contribution in [2.24, 2.45) is 0 Å². The highest BCUT2D eigenvalue weighted by Crippen LogP contribution is 2.55. The molecule has 0 atom stereocenters.